The number of nitrogens with one attached hydrogen (secondary N) is 1. The summed E-state index contributed by atoms with van der Waals surface area (Å²) in [5.41, 5.74) is 1.92. The third-order valence-electron chi connectivity index (χ3n) is 7.92. The number of aliphatic hydroxyl groups excluding tert-OH is 1. The lowest BCUT2D eigenvalue weighted by Crippen LogP contribution is -2.48. The molecule has 1 aliphatic rings. The second kappa shape index (κ2) is 15.9. The first kappa shape index (κ1) is 35.9. The minimum Gasteiger partial charge on any atom is -0.494 e. The molecule has 0 spiro atoms. The van der Waals surface area contributed by atoms with Crippen LogP contribution in [0.25, 0.3) is 11.1 Å². The second-order valence-corrected chi connectivity index (χ2v) is 13.6. The maximum absolute atomic E-state index is 14.5. The molecule has 2 N–H and O–H groups in total. The fourth-order valence-corrected chi connectivity index (χ4v) is 5.84. The first-order valence-electron chi connectivity index (χ1n) is 16.2. The van der Waals surface area contributed by atoms with Crippen molar-refractivity contribution in [2.75, 3.05) is 13.2 Å². The molecule has 1 amide bonds. The lowest BCUT2D eigenvalue weighted by atomic mass is 9.83. The van der Waals surface area contributed by atoms with Crippen LogP contribution in [-0.2, 0) is 25.6 Å². The minimum absolute atomic E-state index is 0.0199. The van der Waals surface area contributed by atoms with Gasteiger partial charge in [0.05, 0.1) is 16.7 Å². The molecule has 256 valence electrons. The van der Waals surface area contributed by atoms with E-state index in [0.29, 0.717) is 34.4 Å². The highest BCUT2D eigenvalue weighted by Gasteiger charge is 2.53. The van der Waals surface area contributed by atoms with E-state index in [-0.39, 0.29) is 31.9 Å². The predicted molar refractivity (Wildman–Crippen MR) is 192 cm³/mol. The van der Waals surface area contributed by atoms with Crippen LogP contribution in [0, 0.1) is 0 Å². The van der Waals surface area contributed by atoms with Crippen molar-refractivity contribution < 1.29 is 28.9 Å². The van der Waals surface area contributed by atoms with E-state index in [1.165, 1.54) is 0 Å². The molecule has 1 heterocycles. The zero-order chi connectivity index (χ0) is 35.0. The van der Waals surface area contributed by atoms with Crippen LogP contribution in [0.3, 0.4) is 0 Å². The normalized spacial score (nSPS) is 17.2. The quantitative estimate of drug-likeness (QED) is 0.108. The molecule has 0 aromatic heterocycles. The zero-order valence-corrected chi connectivity index (χ0v) is 29.3. The Hall–Kier alpha value is -4.37. The van der Waals surface area contributed by atoms with Crippen molar-refractivity contribution >= 4 is 41.0 Å². The lowest BCUT2D eigenvalue weighted by Gasteiger charge is -2.31. The van der Waals surface area contributed by atoms with Crippen LogP contribution in [0.1, 0.15) is 62.8 Å². The summed E-state index contributed by atoms with van der Waals surface area (Å²) in [5, 5.41) is 12.9. The van der Waals surface area contributed by atoms with Crippen molar-refractivity contribution in [3.63, 3.8) is 0 Å². The van der Waals surface area contributed by atoms with Gasteiger partial charge in [0.25, 0.3) is 5.91 Å². The Labute approximate surface area is 297 Å². The molecular weight excluding hydrogens is 663 g/mol. The maximum Gasteiger partial charge on any atom is 0.306 e. The van der Waals surface area contributed by atoms with Crippen molar-refractivity contribution in [1.82, 2.24) is 5.32 Å². The summed E-state index contributed by atoms with van der Waals surface area (Å²) in [6.45, 7) is 5.96. The summed E-state index contributed by atoms with van der Waals surface area (Å²) in [7, 11) is 0. The Kier molecular flexibility index (Phi) is 11.7. The van der Waals surface area contributed by atoms with Crippen molar-refractivity contribution in [2.45, 2.75) is 63.8 Å². The highest BCUT2D eigenvalue weighted by molar-refractivity contribution is 6.42. The highest BCUT2D eigenvalue weighted by Crippen LogP contribution is 2.44. The van der Waals surface area contributed by atoms with Gasteiger partial charge in [-0.25, -0.2) is 4.99 Å². The van der Waals surface area contributed by atoms with E-state index < -0.39 is 29.1 Å². The molecular formula is C39H40Cl2N2O6. The number of carbonyl (C=O) groups is 2. The monoisotopic (exact) mass is 702 g/mol. The summed E-state index contributed by atoms with van der Waals surface area (Å²) in [4.78, 5) is 32.6. The molecule has 1 aliphatic heterocycles. The standard InChI is InChI=1S/C39H40Cl2N2O6/c1-38(2,3)49-34(45)20-21-39(37(46)42-25-26-10-19-32(40)33(41)24-26)35(29-13-11-28(12-14-29)27-8-5-4-6-9-27)48-36(43-39)30-15-17-31(18-16-30)47-23-7-22-44/h4-6,8-19,24,35,44H,7,20-23,25H2,1-3H3,(H,42,46)/t35-,39-/m1/s1. The second-order valence-electron chi connectivity index (χ2n) is 12.8. The first-order chi connectivity index (χ1) is 23.5. The SMILES string of the molecule is CC(C)(C)OC(=O)CC[C@@]1(C(=O)NCc2ccc(Cl)c(Cl)c2)N=C(c2ccc(OCCCO)cc2)O[C@@H]1c1ccc(-c2ccccc2)cc1. The van der Waals surface area contributed by atoms with E-state index in [1.807, 2.05) is 54.6 Å². The maximum atomic E-state index is 14.5. The van der Waals surface area contributed by atoms with Crippen LogP contribution in [0.5, 0.6) is 5.75 Å². The molecule has 8 nitrogen and oxygen atoms in total. The van der Waals surface area contributed by atoms with E-state index in [9.17, 15) is 9.59 Å². The molecule has 4 aromatic carbocycles. The van der Waals surface area contributed by atoms with Crippen molar-refractivity contribution in [2.24, 2.45) is 4.99 Å². The molecule has 49 heavy (non-hydrogen) atoms. The number of hydrogen-bond acceptors (Lipinski definition) is 7. The average Bonchev–Trinajstić information content (AvgIpc) is 3.49. The largest absolute Gasteiger partial charge is 0.494 e. The summed E-state index contributed by atoms with van der Waals surface area (Å²) in [5.74, 6) is 0.0147. The van der Waals surface area contributed by atoms with Crippen LogP contribution in [0.15, 0.2) is 102 Å². The van der Waals surface area contributed by atoms with Gasteiger partial charge in [-0.1, -0.05) is 83.9 Å². The number of esters is 1. The molecule has 0 saturated heterocycles. The summed E-state index contributed by atoms with van der Waals surface area (Å²) in [6, 6.07) is 30.1. The molecule has 2 atom stereocenters. The van der Waals surface area contributed by atoms with E-state index >= 15 is 0 Å². The van der Waals surface area contributed by atoms with E-state index in [1.54, 1.807) is 63.2 Å². The Morgan fingerprint density at radius 2 is 1.57 bits per heavy atom. The topological polar surface area (TPSA) is 106 Å². The average molecular weight is 704 g/mol. The van der Waals surface area contributed by atoms with Gasteiger partial charge in [0.1, 0.15) is 11.4 Å². The minimum atomic E-state index is -1.53. The van der Waals surface area contributed by atoms with Crippen LogP contribution >= 0.6 is 23.2 Å². The van der Waals surface area contributed by atoms with Gasteiger partial charge in [0.15, 0.2) is 11.6 Å². The number of aliphatic hydroxyl groups is 1. The first-order valence-corrected chi connectivity index (χ1v) is 16.9. The Bertz CT molecular complexity index is 1770. The van der Waals surface area contributed by atoms with Gasteiger partial charge in [-0.2, -0.15) is 0 Å². The molecule has 10 heteroatoms. The highest BCUT2D eigenvalue weighted by atomic mass is 35.5. The predicted octanol–water partition coefficient (Wildman–Crippen LogP) is 8.12. The molecule has 0 saturated carbocycles. The summed E-state index contributed by atoms with van der Waals surface area (Å²) >= 11 is 12.4. The number of aliphatic imine (C=N–C) groups is 1. The molecule has 0 radical (unpaired) electrons. The number of carbonyl (C=O) groups excluding carboxylic acids is 2. The third-order valence-corrected chi connectivity index (χ3v) is 8.66. The molecule has 0 unspecified atom stereocenters. The van der Waals surface area contributed by atoms with Gasteiger partial charge in [0, 0.05) is 31.6 Å². The summed E-state index contributed by atoms with van der Waals surface area (Å²) < 4.78 is 17.9. The number of ether oxygens (including phenoxy) is 3. The van der Waals surface area contributed by atoms with Crippen LogP contribution in [-0.4, -0.2) is 47.2 Å². The van der Waals surface area contributed by atoms with E-state index in [4.69, 9.17) is 47.5 Å². The smallest absolute Gasteiger partial charge is 0.306 e. The third kappa shape index (κ3) is 9.21. The number of amides is 1. The molecule has 5 rings (SSSR count). The van der Waals surface area contributed by atoms with Gasteiger partial charge in [-0.3, -0.25) is 9.59 Å². The van der Waals surface area contributed by atoms with E-state index in [2.05, 4.69) is 5.32 Å². The zero-order valence-electron chi connectivity index (χ0n) is 27.7. The van der Waals surface area contributed by atoms with Crippen LogP contribution in [0.4, 0.5) is 0 Å². The number of benzene rings is 4. The van der Waals surface area contributed by atoms with Gasteiger partial charge in [-0.15, -0.1) is 0 Å². The molecule has 0 bridgehead atoms. The Morgan fingerprint density at radius 1 is 0.898 bits per heavy atom. The van der Waals surface area contributed by atoms with Crippen LogP contribution in [0.2, 0.25) is 10.0 Å². The van der Waals surface area contributed by atoms with E-state index in [0.717, 1.165) is 22.3 Å². The fourth-order valence-electron chi connectivity index (χ4n) is 5.52. The van der Waals surface area contributed by atoms with Crippen LogP contribution < -0.4 is 10.1 Å². The van der Waals surface area contributed by atoms with Gasteiger partial charge in [-0.05, 0) is 85.8 Å². The number of nitrogens with zero attached hydrogens (tertiary/aromatic N) is 1. The van der Waals surface area contributed by atoms with Crippen molar-refractivity contribution in [3.05, 3.63) is 124 Å². The van der Waals surface area contributed by atoms with Gasteiger partial charge < -0.3 is 24.6 Å². The van der Waals surface area contributed by atoms with Gasteiger partial charge >= 0.3 is 5.97 Å². The lowest BCUT2D eigenvalue weighted by molar-refractivity contribution is -0.155. The Balaban J connectivity index is 1.53. The van der Waals surface area contributed by atoms with Gasteiger partial charge in [0.2, 0.25) is 5.90 Å². The fraction of sp³-hybridized carbons (Fsp3) is 0.308. The molecule has 4 aromatic rings. The van der Waals surface area contributed by atoms with Crippen molar-refractivity contribution in [3.8, 4) is 16.9 Å². The molecule has 0 fully saturated rings. The number of halogens is 2. The number of hydrogen-bond donors (Lipinski definition) is 2. The summed E-state index contributed by atoms with van der Waals surface area (Å²) in [6.07, 6.45) is -0.413. The Morgan fingerprint density at radius 3 is 2.22 bits per heavy atom. The molecule has 0 aliphatic carbocycles. The number of rotatable bonds is 13. The van der Waals surface area contributed by atoms with Crippen molar-refractivity contribution in [1.29, 1.82) is 0 Å².